The molecule has 0 radical (unpaired) electrons. The molecule has 5 nitrogen and oxygen atoms in total. The molecule has 0 aliphatic heterocycles. The molecule has 0 saturated heterocycles. The molecule has 0 bridgehead atoms. The van der Waals surface area contributed by atoms with Gasteiger partial charge in [-0.1, -0.05) is 0 Å². The zero-order valence-corrected chi connectivity index (χ0v) is 6.80. The van der Waals surface area contributed by atoms with Crippen LogP contribution in [0.2, 0.25) is 0 Å². The Morgan fingerprint density at radius 3 is 2.21 bits per heavy atom. The molecule has 1 aromatic rings. The lowest BCUT2D eigenvalue weighted by Gasteiger charge is -2.12. The monoisotopic (exact) mass is 208 g/mol. The third-order valence-electron chi connectivity index (χ3n) is 1.38. The molecule has 0 spiro atoms. The van der Waals surface area contributed by atoms with Crippen molar-refractivity contribution in [1.29, 1.82) is 0 Å². The second-order valence-corrected chi connectivity index (χ2v) is 2.38. The Morgan fingerprint density at radius 2 is 1.71 bits per heavy atom. The number of alkyl halides is 3. The van der Waals surface area contributed by atoms with Crippen LogP contribution in [-0.2, 0) is 0 Å². The Balaban J connectivity index is 3.06. The van der Waals surface area contributed by atoms with Gasteiger partial charge in [-0.15, -0.1) is 13.2 Å². The predicted molar refractivity (Wildman–Crippen MR) is 44.2 cm³/mol. The minimum atomic E-state index is -4.83. The zero-order chi connectivity index (χ0) is 10.9. The fourth-order valence-electron chi connectivity index (χ4n) is 0.744. The van der Waals surface area contributed by atoms with E-state index in [0.29, 0.717) is 0 Å². The smallest absolute Gasteiger partial charge is 0.402 e. The van der Waals surface area contributed by atoms with E-state index in [1.54, 1.807) is 0 Å². The van der Waals surface area contributed by atoms with Crippen LogP contribution in [0.5, 0.6) is 5.75 Å². The lowest BCUT2D eigenvalue weighted by molar-refractivity contribution is -0.274. The summed E-state index contributed by atoms with van der Waals surface area (Å²) in [5, 5.41) is 0. The van der Waals surface area contributed by atoms with Gasteiger partial charge >= 0.3 is 6.36 Å². The highest BCUT2D eigenvalue weighted by atomic mass is 19.4. The van der Waals surface area contributed by atoms with Crippen LogP contribution in [0.4, 0.5) is 30.4 Å². The van der Waals surface area contributed by atoms with Crippen molar-refractivity contribution in [1.82, 2.24) is 4.98 Å². The number of hydrogen-bond acceptors (Lipinski definition) is 5. The maximum absolute atomic E-state index is 11.8. The summed E-state index contributed by atoms with van der Waals surface area (Å²) in [4.78, 5) is 3.37. The maximum Gasteiger partial charge on any atom is 0.573 e. The van der Waals surface area contributed by atoms with E-state index in [9.17, 15) is 13.2 Å². The fraction of sp³-hybridized carbons (Fsp3) is 0.167. The Bertz CT molecular complexity index is 352. The summed E-state index contributed by atoms with van der Waals surface area (Å²) in [6, 6.07) is 0. The van der Waals surface area contributed by atoms with Gasteiger partial charge in [-0.2, -0.15) is 0 Å². The van der Waals surface area contributed by atoms with E-state index >= 15 is 0 Å². The summed E-state index contributed by atoms with van der Waals surface area (Å²) in [5.74, 6) is -0.804. The number of aromatic nitrogens is 1. The van der Waals surface area contributed by atoms with Crippen LogP contribution in [0, 0.1) is 0 Å². The van der Waals surface area contributed by atoms with Crippen molar-refractivity contribution in [2.45, 2.75) is 6.36 Å². The van der Waals surface area contributed by atoms with Gasteiger partial charge in [0.1, 0.15) is 17.2 Å². The second kappa shape index (κ2) is 3.13. The number of hydrogen-bond donors (Lipinski definition) is 3. The molecule has 6 N–H and O–H groups in total. The molecule has 78 valence electrons. The van der Waals surface area contributed by atoms with E-state index in [2.05, 4.69) is 9.72 Å². The number of rotatable bonds is 1. The van der Waals surface area contributed by atoms with Crippen LogP contribution in [0.25, 0.3) is 0 Å². The Kier molecular flexibility index (Phi) is 2.28. The third kappa shape index (κ3) is 2.09. The summed E-state index contributed by atoms with van der Waals surface area (Å²) in [5.41, 5.74) is 15.1. The highest BCUT2D eigenvalue weighted by Crippen LogP contribution is 2.33. The summed E-state index contributed by atoms with van der Waals surface area (Å²) in [6.07, 6.45) is -4.08. The van der Waals surface area contributed by atoms with Gasteiger partial charge in [0, 0.05) is 0 Å². The first-order valence-corrected chi connectivity index (χ1v) is 3.36. The van der Waals surface area contributed by atoms with Gasteiger partial charge < -0.3 is 21.9 Å². The Morgan fingerprint density at radius 1 is 1.14 bits per heavy atom. The van der Waals surface area contributed by atoms with Crippen LogP contribution < -0.4 is 21.9 Å². The van der Waals surface area contributed by atoms with E-state index in [0.717, 1.165) is 6.20 Å². The fourth-order valence-corrected chi connectivity index (χ4v) is 0.744. The first-order valence-electron chi connectivity index (χ1n) is 3.36. The molecule has 0 aromatic carbocycles. The molecule has 0 atom stereocenters. The number of anilines is 3. The van der Waals surface area contributed by atoms with Crippen LogP contribution in [0.15, 0.2) is 6.20 Å². The largest absolute Gasteiger partial charge is 0.573 e. The molecule has 1 aromatic heterocycles. The van der Waals surface area contributed by atoms with Crippen molar-refractivity contribution < 1.29 is 17.9 Å². The van der Waals surface area contributed by atoms with Crippen molar-refractivity contribution in [2.24, 2.45) is 0 Å². The number of nitrogen functional groups attached to an aromatic ring is 3. The number of nitrogens with zero attached hydrogens (tertiary/aromatic N) is 1. The number of halogens is 3. The molecular weight excluding hydrogens is 201 g/mol. The van der Waals surface area contributed by atoms with Crippen molar-refractivity contribution in [2.75, 3.05) is 17.2 Å². The zero-order valence-electron chi connectivity index (χ0n) is 6.80. The summed E-state index contributed by atoms with van der Waals surface area (Å²) in [7, 11) is 0. The standard InChI is InChI=1S/C6H7F3N4O/c7-6(8,9)14-2-1-13-5(12)4(11)3(2)10/h1H,11H2,(H4,10,12,13). The van der Waals surface area contributed by atoms with E-state index in [-0.39, 0.29) is 17.2 Å². The van der Waals surface area contributed by atoms with Gasteiger partial charge in [0.15, 0.2) is 5.75 Å². The van der Waals surface area contributed by atoms with Gasteiger partial charge in [0.2, 0.25) is 0 Å². The topological polar surface area (TPSA) is 100 Å². The average molecular weight is 208 g/mol. The highest BCUT2D eigenvalue weighted by Gasteiger charge is 2.32. The maximum atomic E-state index is 11.8. The molecule has 1 rings (SSSR count). The quantitative estimate of drug-likeness (QED) is 0.631. The first kappa shape index (κ1) is 10.2. The summed E-state index contributed by atoms with van der Waals surface area (Å²) in [6.45, 7) is 0. The molecule has 0 fully saturated rings. The lowest BCUT2D eigenvalue weighted by atomic mass is 10.3. The van der Waals surface area contributed by atoms with Gasteiger partial charge in [-0.25, -0.2) is 4.98 Å². The molecular formula is C6H7F3N4O. The van der Waals surface area contributed by atoms with Crippen LogP contribution in [0.3, 0.4) is 0 Å². The molecule has 0 aliphatic rings. The van der Waals surface area contributed by atoms with Crippen LogP contribution >= 0.6 is 0 Å². The van der Waals surface area contributed by atoms with Crippen molar-refractivity contribution >= 4 is 17.2 Å². The molecule has 1 heterocycles. The van der Waals surface area contributed by atoms with E-state index in [1.165, 1.54) is 0 Å². The first-order chi connectivity index (χ1) is 6.31. The Hall–Kier alpha value is -1.86. The van der Waals surface area contributed by atoms with Crippen molar-refractivity contribution in [3.8, 4) is 5.75 Å². The van der Waals surface area contributed by atoms with Gasteiger partial charge in [-0.05, 0) is 0 Å². The molecule has 0 aliphatic carbocycles. The van der Waals surface area contributed by atoms with Gasteiger partial charge in [0.05, 0.1) is 6.20 Å². The predicted octanol–water partition coefficient (Wildman–Crippen LogP) is 0.727. The van der Waals surface area contributed by atoms with Crippen molar-refractivity contribution in [3.63, 3.8) is 0 Å². The molecule has 14 heavy (non-hydrogen) atoms. The average Bonchev–Trinajstić information content (AvgIpc) is 2.04. The Labute approximate surface area is 76.6 Å². The second-order valence-electron chi connectivity index (χ2n) is 2.38. The van der Waals surface area contributed by atoms with Crippen LogP contribution in [-0.4, -0.2) is 11.3 Å². The molecule has 0 saturated carbocycles. The van der Waals surface area contributed by atoms with E-state index < -0.39 is 12.1 Å². The number of ether oxygens (including phenoxy) is 1. The van der Waals surface area contributed by atoms with Crippen LogP contribution in [0.1, 0.15) is 0 Å². The lowest BCUT2D eigenvalue weighted by Crippen LogP contribution is -2.19. The minimum Gasteiger partial charge on any atom is -0.402 e. The molecule has 0 amide bonds. The van der Waals surface area contributed by atoms with Gasteiger partial charge in [0.25, 0.3) is 0 Å². The molecule has 8 heteroatoms. The van der Waals surface area contributed by atoms with Gasteiger partial charge in [-0.3, -0.25) is 0 Å². The SMILES string of the molecule is Nc1ncc(OC(F)(F)F)c(N)c1N. The summed E-state index contributed by atoms with van der Waals surface area (Å²) >= 11 is 0. The normalized spacial score (nSPS) is 11.4. The highest BCUT2D eigenvalue weighted by molar-refractivity contribution is 5.78. The third-order valence-corrected chi connectivity index (χ3v) is 1.38. The number of pyridine rings is 1. The van der Waals surface area contributed by atoms with Crippen molar-refractivity contribution in [3.05, 3.63) is 6.20 Å². The summed E-state index contributed by atoms with van der Waals surface area (Å²) < 4.78 is 38.9. The molecule has 0 unspecified atom stereocenters. The number of nitrogens with two attached hydrogens (primary N) is 3. The minimum absolute atomic E-state index is 0.142. The van der Waals surface area contributed by atoms with E-state index in [1.807, 2.05) is 0 Å². The van der Waals surface area contributed by atoms with E-state index in [4.69, 9.17) is 17.2 Å².